The van der Waals surface area contributed by atoms with Gasteiger partial charge in [0.25, 0.3) is 5.91 Å². The Kier molecular flexibility index (Phi) is 8.56. The number of sulfone groups is 1. The van der Waals surface area contributed by atoms with E-state index in [1.165, 1.54) is 17.0 Å². The number of nitrogens with zero attached hydrogens (tertiary/aromatic N) is 2. The summed E-state index contributed by atoms with van der Waals surface area (Å²) in [5.74, 6) is -0.652. The van der Waals surface area contributed by atoms with Crippen molar-refractivity contribution in [2.24, 2.45) is 0 Å². The highest BCUT2D eigenvalue weighted by molar-refractivity contribution is 7.91. The lowest BCUT2D eigenvalue weighted by atomic mass is 10.1. The van der Waals surface area contributed by atoms with Crippen LogP contribution in [0.2, 0.25) is 0 Å². The van der Waals surface area contributed by atoms with Crippen LogP contribution < -0.4 is 10.6 Å². The van der Waals surface area contributed by atoms with E-state index in [1.54, 1.807) is 18.3 Å². The molecule has 0 bridgehead atoms. The molecule has 0 unspecified atom stereocenters. The summed E-state index contributed by atoms with van der Waals surface area (Å²) < 4.78 is 36.9. The molecule has 10 heteroatoms. The van der Waals surface area contributed by atoms with Gasteiger partial charge >= 0.3 is 0 Å². The fourth-order valence-corrected chi connectivity index (χ4v) is 6.27. The zero-order chi connectivity index (χ0) is 28.1. The molecule has 2 fully saturated rings. The van der Waals surface area contributed by atoms with Crippen LogP contribution in [0.1, 0.15) is 41.1 Å². The number of pyridine rings is 1. The predicted molar refractivity (Wildman–Crippen MR) is 151 cm³/mol. The summed E-state index contributed by atoms with van der Waals surface area (Å²) in [7, 11) is -3.14. The van der Waals surface area contributed by atoms with Crippen LogP contribution in [-0.4, -0.2) is 73.3 Å². The zero-order valence-electron chi connectivity index (χ0n) is 22.1. The zero-order valence-corrected chi connectivity index (χ0v) is 22.9. The molecule has 1 aliphatic carbocycles. The lowest BCUT2D eigenvalue weighted by Gasteiger charge is -2.30. The van der Waals surface area contributed by atoms with E-state index < -0.39 is 15.9 Å². The van der Waals surface area contributed by atoms with Crippen LogP contribution in [0, 0.1) is 5.82 Å². The maximum absolute atomic E-state index is 13.4. The van der Waals surface area contributed by atoms with Gasteiger partial charge in [-0.25, -0.2) is 12.8 Å². The second-order valence-corrected chi connectivity index (χ2v) is 12.7. The van der Waals surface area contributed by atoms with Crippen molar-refractivity contribution in [2.45, 2.75) is 37.3 Å². The third-order valence-electron chi connectivity index (χ3n) is 7.53. The van der Waals surface area contributed by atoms with Crippen molar-refractivity contribution in [3.05, 3.63) is 89.9 Å². The second-order valence-electron chi connectivity index (χ2n) is 10.4. The van der Waals surface area contributed by atoms with E-state index in [2.05, 4.69) is 15.6 Å². The van der Waals surface area contributed by atoms with Gasteiger partial charge in [0, 0.05) is 42.4 Å². The first-order valence-electron chi connectivity index (χ1n) is 13.6. The number of aromatic nitrogens is 1. The number of halogens is 1. The van der Waals surface area contributed by atoms with Gasteiger partial charge in [0.1, 0.15) is 11.9 Å². The molecule has 1 aliphatic heterocycles. The molecule has 5 rings (SSSR count). The standard InChI is InChI=1S/C30H33FN4O4S/c31-24-12-10-21(11-13-24)25-20-28(25)33-15-3-5-27(30(37)35-16-18-40(38,39)19-17-35)34-29(36)23-8-6-22(7-9-23)26-4-1-2-14-32-26/h1-2,4,6-14,25,27-28,33H,3,5,15-20H2,(H,34,36)/t25-,27-,28+/m0/s1. The highest BCUT2D eigenvalue weighted by Gasteiger charge is 2.38. The first-order chi connectivity index (χ1) is 19.3. The van der Waals surface area contributed by atoms with Gasteiger partial charge in [0.2, 0.25) is 5.91 Å². The van der Waals surface area contributed by atoms with E-state index in [9.17, 15) is 22.4 Å². The Morgan fingerprint density at radius 2 is 1.73 bits per heavy atom. The lowest BCUT2D eigenvalue weighted by molar-refractivity contribution is -0.133. The molecule has 3 atom stereocenters. The van der Waals surface area contributed by atoms with Crippen LogP contribution in [0.15, 0.2) is 72.9 Å². The Hall–Kier alpha value is -3.63. The molecule has 2 heterocycles. The summed E-state index contributed by atoms with van der Waals surface area (Å²) in [5.41, 5.74) is 3.21. The molecular weight excluding hydrogens is 531 g/mol. The number of rotatable bonds is 10. The van der Waals surface area contributed by atoms with E-state index in [1.807, 2.05) is 42.5 Å². The number of carbonyl (C=O) groups excluding carboxylic acids is 2. The first kappa shape index (κ1) is 27.9. The van der Waals surface area contributed by atoms with Crippen molar-refractivity contribution < 1.29 is 22.4 Å². The first-order valence-corrected chi connectivity index (χ1v) is 15.4. The monoisotopic (exact) mass is 564 g/mol. The molecule has 1 saturated carbocycles. The number of hydrogen-bond donors (Lipinski definition) is 2. The SMILES string of the molecule is O=C(N[C@@H](CCCN[C@@H]1C[C@H]1c1ccc(F)cc1)C(=O)N1CCS(=O)(=O)CC1)c1ccc(-c2ccccn2)cc1. The third kappa shape index (κ3) is 7.11. The molecule has 0 radical (unpaired) electrons. The minimum atomic E-state index is -3.14. The van der Waals surface area contributed by atoms with E-state index in [0.717, 1.165) is 23.2 Å². The predicted octanol–water partition coefficient (Wildman–Crippen LogP) is 3.17. The van der Waals surface area contributed by atoms with E-state index >= 15 is 0 Å². The lowest BCUT2D eigenvalue weighted by Crippen LogP contribution is -2.53. The van der Waals surface area contributed by atoms with E-state index in [-0.39, 0.29) is 42.2 Å². The summed E-state index contributed by atoms with van der Waals surface area (Å²) in [4.78, 5) is 32.4. The van der Waals surface area contributed by atoms with Gasteiger partial charge < -0.3 is 15.5 Å². The Balaban J connectivity index is 1.18. The minimum absolute atomic E-state index is 0.0671. The van der Waals surface area contributed by atoms with Gasteiger partial charge in [-0.15, -0.1) is 0 Å². The smallest absolute Gasteiger partial charge is 0.251 e. The number of hydrogen-bond acceptors (Lipinski definition) is 6. The fraction of sp³-hybridized carbons (Fsp3) is 0.367. The van der Waals surface area contributed by atoms with Gasteiger partial charge in [-0.05, 0) is 67.8 Å². The Morgan fingerprint density at radius 1 is 1.00 bits per heavy atom. The molecule has 2 aliphatic rings. The third-order valence-corrected chi connectivity index (χ3v) is 9.14. The Labute approximate surface area is 233 Å². The molecular formula is C30H33FN4O4S. The van der Waals surface area contributed by atoms with Gasteiger partial charge in [0.05, 0.1) is 17.2 Å². The quantitative estimate of drug-likeness (QED) is 0.366. The molecule has 3 aromatic rings. The molecule has 2 amide bonds. The van der Waals surface area contributed by atoms with Crippen LogP contribution in [0.4, 0.5) is 4.39 Å². The molecule has 0 spiro atoms. The summed E-state index contributed by atoms with van der Waals surface area (Å²) in [6.45, 7) is 0.924. The average Bonchev–Trinajstić information content (AvgIpc) is 3.74. The summed E-state index contributed by atoms with van der Waals surface area (Å²) in [6.07, 6.45) is 3.75. The van der Waals surface area contributed by atoms with Gasteiger partial charge in [0.15, 0.2) is 9.84 Å². The molecule has 210 valence electrons. The van der Waals surface area contributed by atoms with Crippen LogP contribution in [0.25, 0.3) is 11.3 Å². The van der Waals surface area contributed by atoms with Crippen molar-refractivity contribution >= 4 is 21.7 Å². The topological polar surface area (TPSA) is 108 Å². The molecule has 1 aromatic heterocycles. The maximum atomic E-state index is 13.4. The van der Waals surface area contributed by atoms with Gasteiger partial charge in [-0.3, -0.25) is 14.6 Å². The van der Waals surface area contributed by atoms with Crippen LogP contribution in [0.5, 0.6) is 0 Å². The van der Waals surface area contributed by atoms with Gasteiger partial charge in [-0.2, -0.15) is 0 Å². The van der Waals surface area contributed by atoms with Crippen LogP contribution >= 0.6 is 0 Å². The van der Waals surface area contributed by atoms with Crippen molar-refractivity contribution in [3.8, 4) is 11.3 Å². The molecule has 40 heavy (non-hydrogen) atoms. The van der Waals surface area contributed by atoms with Crippen molar-refractivity contribution in [1.29, 1.82) is 0 Å². The molecule has 8 nitrogen and oxygen atoms in total. The number of benzene rings is 2. The van der Waals surface area contributed by atoms with Gasteiger partial charge in [-0.1, -0.05) is 30.3 Å². The van der Waals surface area contributed by atoms with Crippen LogP contribution in [-0.2, 0) is 14.6 Å². The molecule has 2 N–H and O–H groups in total. The highest BCUT2D eigenvalue weighted by Crippen LogP contribution is 2.40. The number of carbonyl (C=O) groups is 2. The van der Waals surface area contributed by atoms with Crippen molar-refractivity contribution in [3.63, 3.8) is 0 Å². The Morgan fingerprint density at radius 3 is 2.40 bits per heavy atom. The fourth-order valence-electron chi connectivity index (χ4n) is 5.07. The average molecular weight is 565 g/mol. The number of nitrogens with one attached hydrogen (secondary N) is 2. The molecule has 1 saturated heterocycles. The minimum Gasteiger partial charge on any atom is -0.340 e. The summed E-state index contributed by atoms with van der Waals surface area (Å²) in [5, 5.41) is 6.39. The van der Waals surface area contributed by atoms with Crippen molar-refractivity contribution in [1.82, 2.24) is 20.5 Å². The van der Waals surface area contributed by atoms with Crippen LogP contribution in [0.3, 0.4) is 0 Å². The number of amides is 2. The summed E-state index contributed by atoms with van der Waals surface area (Å²) in [6, 6.07) is 18.8. The van der Waals surface area contributed by atoms with E-state index in [4.69, 9.17) is 0 Å². The highest BCUT2D eigenvalue weighted by atomic mass is 32.2. The second kappa shape index (κ2) is 12.3. The normalized spacial score (nSPS) is 20.5. The largest absolute Gasteiger partial charge is 0.340 e. The van der Waals surface area contributed by atoms with Crippen molar-refractivity contribution in [2.75, 3.05) is 31.1 Å². The van der Waals surface area contributed by atoms with E-state index in [0.29, 0.717) is 36.9 Å². The maximum Gasteiger partial charge on any atom is 0.251 e. The molecule has 2 aromatic carbocycles. The summed E-state index contributed by atoms with van der Waals surface area (Å²) >= 11 is 0. The Bertz CT molecular complexity index is 1420.